The average Bonchev–Trinajstić information content (AvgIpc) is 2.21. The fourth-order valence-corrected chi connectivity index (χ4v) is 2.03. The molecule has 0 aromatic carbocycles. The molecule has 0 aliphatic heterocycles. The highest BCUT2D eigenvalue weighted by molar-refractivity contribution is 7.98. The Balaban J connectivity index is 2.28. The van der Waals surface area contributed by atoms with Gasteiger partial charge in [0, 0.05) is 18.6 Å². The highest BCUT2D eigenvalue weighted by Crippen LogP contribution is 2.15. The predicted octanol–water partition coefficient (Wildman–Crippen LogP) is 2.60. The standard InChI is InChI=1S/C10H14ClNOS/c1-8(5-13)6-14-7-10-3-2-9(11)4-12-10/h2-4,8,13H,5-7H2,1H3. The van der Waals surface area contributed by atoms with Crippen LogP contribution in [0.3, 0.4) is 0 Å². The maximum Gasteiger partial charge on any atom is 0.0589 e. The van der Waals surface area contributed by atoms with Crippen LogP contribution in [0.15, 0.2) is 18.3 Å². The number of aliphatic hydroxyl groups excluding tert-OH is 1. The average molecular weight is 232 g/mol. The lowest BCUT2D eigenvalue weighted by Gasteiger charge is -2.06. The van der Waals surface area contributed by atoms with Crippen molar-refractivity contribution in [3.63, 3.8) is 0 Å². The number of pyridine rings is 1. The molecule has 0 saturated carbocycles. The van der Waals surface area contributed by atoms with E-state index in [2.05, 4.69) is 4.98 Å². The molecule has 14 heavy (non-hydrogen) atoms. The van der Waals surface area contributed by atoms with Gasteiger partial charge >= 0.3 is 0 Å². The first-order valence-corrected chi connectivity index (χ1v) is 6.04. The third-order valence-electron chi connectivity index (χ3n) is 1.75. The van der Waals surface area contributed by atoms with E-state index in [9.17, 15) is 0 Å². The Kier molecular flexibility index (Phi) is 5.30. The van der Waals surface area contributed by atoms with Crippen LogP contribution >= 0.6 is 23.4 Å². The van der Waals surface area contributed by atoms with Crippen molar-refractivity contribution in [3.05, 3.63) is 29.0 Å². The molecular weight excluding hydrogens is 218 g/mol. The van der Waals surface area contributed by atoms with Crippen molar-refractivity contribution in [2.45, 2.75) is 12.7 Å². The lowest BCUT2D eigenvalue weighted by molar-refractivity contribution is 0.250. The number of rotatable bonds is 5. The van der Waals surface area contributed by atoms with Crippen LogP contribution in [0.5, 0.6) is 0 Å². The van der Waals surface area contributed by atoms with Gasteiger partial charge < -0.3 is 5.11 Å². The van der Waals surface area contributed by atoms with E-state index in [0.29, 0.717) is 10.9 Å². The van der Waals surface area contributed by atoms with Crippen LogP contribution in [-0.2, 0) is 5.75 Å². The minimum absolute atomic E-state index is 0.251. The van der Waals surface area contributed by atoms with E-state index in [4.69, 9.17) is 16.7 Å². The summed E-state index contributed by atoms with van der Waals surface area (Å²) in [7, 11) is 0. The number of aromatic nitrogens is 1. The molecule has 0 spiro atoms. The molecular formula is C10H14ClNOS. The topological polar surface area (TPSA) is 33.1 Å². The molecule has 0 radical (unpaired) electrons. The molecule has 4 heteroatoms. The molecule has 1 heterocycles. The zero-order valence-corrected chi connectivity index (χ0v) is 9.68. The number of nitrogens with zero attached hydrogens (tertiary/aromatic N) is 1. The third kappa shape index (κ3) is 4.31. The van der Waals surface area contributed by atoms with Crippen LogP contribution in [-0.4, -0.2) is 22.5 Å². The van der Waals surface area contributed by atoms with Gasteiger partial charge in [0.1, 0.15) is 0 Å². The summed E-state index contributed by atoms with van der Waals surface area (Å²) < 4.78 is 0. The number of thioether (sulfide) groups is 1. The maximum atomic E-state index is 8.82. The second-order valence-corrected chi connectivity index (χ2v) is 4.74. The highest BCUT2D eigenvalue weighted by atomic mass is 35.5. The maximum absolute atomic E-state index is 8.82. The summed E-state index contributed by atoms with van der Waals surface area (Å²) in [5, 5.41) is 9.49. The number of hydrogen-bond acceptors (Lipinski definition) is 3. The van der Waals surface area contributed by atoms with Crippen molar-refractivity contribution in [1.82, 2.24) is 4.98 Å². The molecule has 1 rings (SSSR count). The fraction of sp³-hybridized carbons (Fsp3) is 0.500. The molecule has 0 fully saturated rings. The van der Waals surface area contributed by atoms with Gasteiger partial charge in [-0.05, 0) is 23.8 Å². The second kappa shape index (κ2) is 6.27. The Morgan fingerprint density at radius 3 is 2.93 bits per heavy atom. The molecule has 1 unspecified atom stereocenters. The Morgan fingerprint density at radius 2 is 2.36 bits per heavy atom. The summed E-state index contributed by atoms with van der Waals surface area (Å²) in [4.78, 5) is 4.19. The van der Waals surface area contributed by atoms with Crippen LogP contribution in [0.25, 0.3) is 0 Å². The molecule has 1 atom stereocenters. The molecule has 1 aromatic rings. The van der Waals surface area contributed by atoms with Crippen molar-refractivity contribution in [3.8, 4) is 0 Å². The van der Waals surface area contributed by atoms with Crippen molar-refractivity contribution in [1.29, 1.82) is 0 Å². The number of hydrogen-bond donors (Lipinski definition) is 1. The first kappa shape index (κ1) is 11.8. The van der Waals surface area contributed by atoms with Gasteiger partial charge in [-0.3, -0.25) is 4.98 Å². The summed E-state index contributed by atoms with van der Waals surface area (Å²) in [6, 6.07) is 3.78. The molecule has 0 aliphatic rings. The van der Waals surface area contributed by atoms with Gasteiger partial charge in [-0.15, -0.1) is 0 Å². The molecule has 1 N–H and O–H groups in total. The van der Waals surface area contributed by atoms with E-state index in [0.717, 1.165) is 17.2 Å². The summed E-state index contributed by atoms with van der Waals surface area (Å²) in [5.74, 6) is 2.19. The van der Waals surface area contributed by atoms with Gasteiger partial charge in [0.2, 0.25) is 0 Å². The van der Waals surface area contributed by atoms with Crippen molar-refractivity contribution < 1.29 is 5.11 Å². The normalized spacial score (nSPS) is 12.8. The number of halogens is 1. The van der Waals surface area contributed by atoms with Crippen LogP contribution in [0.4, 0.5) is 0 Å². The highest BCUT2D eigenvalue weighted by Gasteiger charge is 2.01. The van der Waals surface area contributed by atoms with E-state index in [1.54, 1.807) is 18.0 Å². The Bertz CT molecular complexity index is 265. The largest absolute Gasteiger partial charge is 0.396 e. The summed E-state index contributed by atoms with van der Waals surface area (Å²) in [6.45, 7) is 2.28. The van der Waals surface area contributed by atoms with Crippen LogP contribution < -0.4 is 0 Å². The zero-order valence-electron chi connectivity index (χ0n) is 8.11. The summed E-state index contributed by atoms with van der Waals surface area (Å²) in [5.41, 5.74) is 1.03. The summed E-state index contributed by atoms with van der Waals surface area (Å²) >= 11 is 7.50. The van der Waals surface area contributed by atoms with Crippen molar-refractivity contribution in [2.24, 2.45) is 5.92 Å². The van der Waals surface area contributed by atoms with E-state index >= 15 is 0 Å². The predicted molar refractivity (Wildman–Crippen MR) is 61.7 cm³/mol. The van der Waals surface area contributed by atoms with Crippen molar-refractivity contribution in [2.75, 3.05) is 12.4 Å². The molecule has 2 nitrogen and oxygen atoms in total. The molecule has 0 saturated heterocycles. The van der Waals surface area contributed by atoms with Gasteiger partial charge in [-0.2, -0.15) is 11.8 Å². The van der Waals surface area contributed by atoms with E-state index in [-0.39, 0.29) is 6.61 Å². The van der Waals surface area contributed by atoms with Gasteiger partial charge in [0.15, 0.2) is 0 Å². The molecule has 78 valence electrons. The van der Waals surface area contributed by atoms with Crippen LogP contribution in [0, 0.1) is 5.92 Å². The first-order valence-electron chi connectivity index (χ1n) is 4.51. The lowest BCUT2D eigenvalue weighted by Crippen LogP contribution is -2.03. The van der Waals surface area contributed by atoms with Gasteiger partial charge in [-0.1, -0.05) is 18.5 Å². The Morgan fingerprint density at radius 1 is 1.57 bits per heavy atom. The third-order valence-corrected chi connectivity index (χ3v) is 3.28. The van der Waals surface area contributed by atoms with Gasteiger partial charge in [-0.25, -0.2) is 0 Å². The molecule has 1 aromatic heterocycles. The quantitative estimate of drug-likeness (QED) is 0.846. The Labute approximate surface area is 93.7 Å². The van der Waals surface area contributed by atoms with E-state index in [1.165, 1.54) is 0 Å². The fourth-order valence-electron chi connectivity index (χ4n) is 0.909. The van der Waals surface area contributed by atoms with Crippen LogP contribution in [0.2, 0.25) is 5.02 Å². The van der Waals surface area contributed by atoms with Crippen molar-refractivity contribution >= 4 is 23.4 Å². The monoisotopic (exact) mass is 231 g/mol. The lowest BCUT2D eigenvalue weighted by atomic mass is 10.2. The Hall–Kier alpha value is -0.250. The van der Waals surface area contributed by atoms with E-state index < -0.39 is 0 Å². The summed E-state index contributed by atoms with van der Waals surface area (Å²) in [6.07, 6.45) is 1.66. The molecule has 0 amide bonds. The first-order chi connectivity index (χ1) is 6.72. The second-order valence-electron chi connectivity index (χ2n) is 3.27. The molecule has 0 bridgehead atoms. The minimum atomic E-state index is 0.251. The van der Waals surface area contributed by atoms with Crippen LogP contribution in [0.1, 0.15) is 12.6 Å². The minimum Gasteiger partial charge on any atom is -0.396 e. The zero-order chi connectivity index (χ0) is 10.4. The molecule has 0 aliphatic carbocycles. The van der Waals surface area contributed by atoms with Gasteiger partial charge in [0.05, 0.1) is 10.7 Å². The smallest absolute Gasteiger partial charge is 0.0589 e. The van der Waals surface area contributed by atoms with Gasteiger partial charge in [0.25, 0.3) is 0 Å². The number of aliphatic hydroxyl groups is 1. The SMILES string of the molecule is CC(CO)CSCc1ccc(Cl)cn1. The van der Waals surface area contributed by atoms with E-state index in [1.807, 2.05) is 19.1 Å².